The fourth-order valence-corrected chi connectivity index (χ4v) is 2.16. The average molecular weight is 270 g/mol. The largest absolute Gasteiger partial charge is 0.338 e. The zero-order chi connectivity index (χ0) is 13.8. The van der Waals surface area contributed by atoms with Crippen LogP contribution in [0.3, 0.4) is 0 Å². The van der Waals surface area contributed by atoms with Crippen LogP contribution >= 0.6 is 0 Å². The molecule has 1 saturated heterocycles. The zero-order valence-corrected chi connectivity index (χ0v) is 11.3. The number of nitrogens with zero attached hydrogens (tertiary/aromatic N) is 3. The lowest BCUT2D eigenvalue weighted by Gasteiger charge is -2.30. The Balaban J connectivity index is 1.51. The second-order valence-corrected chi connectivity index (χ2v) is 4.95. The molecule has 0 radical (unpaired) electrons. The summed E-state index contributed by atoms with van der Waals surface area (Å²) in [6, 6.07) is 10.0. The number of para-hydroxylation sites is 1. The Morgan fingerprint density at radius 3 is 2.75 bits per heavy atom. The topological polar surface area (TPSA) is 50.2 Å². The van der Waals surface area contributed by atoms with Gasteiger partial charge in [0.1, 0.15) is 0 Å². The van der Waals surface area contributed by atoms with E-state index in [2.05, 4.69) is 10.4 Å². The van der Waals surface area contributed by atoms with Crippen molar-refractivity contribution in [2.45, 2.75) is 12.8 Å². The van der Waals surface area contributed by atoms with E-state index >= 15 is 0 Å². The number of hydrogen-bond donors (Lipinski definition) is 1. The Kier molecular flexibility index (Phi) is 3.67. The van der Waals surface area contributed by atoms with E-state index < -0.39 is 0 Å². The highest BCUT2D eigenvalue weighted by Crippen LogP contribution is 2.08. The van der Waals surface area contributed by atoms with Gasteiger partial charge in [0.25, 0.3) is 0 Å². The lowest BCUT2D eigenvalue weighted by atomic mass is 10.2. The van der Waals surface area contributed by atoms with Gasteiger partial charge in [-0.15, -0.1) is 0 Å². The normalized spacial score (nSPS) is 13.9. The van der Waals surface area contributed by atoms with Crippen LogP contribution in [-0.4, -0.2) is 40.3 Å². The van der Waals surface area contributed by atoms with E-state index in [1.165, 1.54) is 0 Å². The van der Waals surface area contributed by atoms with E-state index in [1.54, 1.807) is 0 Å². The van der Waals surface area contributed by atoms with E-state index in [-0.39, 0.29) is 6.03 Å². The summed E-state index contributed by atoms with van der Waals surface area (Å²) in [6.07, 6.45) is 5.78. The Morgan fingerprint density at radius 2 is 2.05 bits per heavy atom. The van der Waals surface area contributed by atoms with E-state index in [4.69, 9.17) is 0 Å². The number of benzene rings is 1. The van der Waals surface area contributed by atoms with E-state index in [1.807, 2.05) is 52.3 Å². The standard InChI is InChI=1S/C15H18N4O/c20-15(18-9-4-10-18)16-8-7-13-11-17-19(12-13)14-5-2-1-3-6-14/h1-3,5-6,11-12H,4,7-10H2,(H,16,20). The lowest BCUT2D eigenvalue weighted by Crippen LogP contribution is -2.48. The van der Waals surface area contributed by atoms with Crippen molar-refractivity contribution in [2.24, 2.45) is 0 Å². The highest BCUT2D eigenvalue weighted by molar-refractivity contribution is 5.74. The first kappa shape index (κ1) is 12.7. The molecule has 0 spiro atoms. The second-order valence-electron chi connectivity index (χ2n) is 4.95. The van der Waals surface area contributed by atoms with Gasteiger partial charge in [-0.3, -0.25) is 0 Å². The van der Waals surface area contributed by atoms with Crippen LogP contribution in [0, 0.1) is 0 Å². The van der Waals surface area contributed by atoms with Crippen LogP contribution in [0.25, 0.3) is 5.69 Å². The minimum Gasteiger partial charge on any atom is -0.338 e. The van der Waals surface area contributed by atoms with Crippen molar-refractivity contribution >= 4 is 6.03 Å². The van der Waals surface area contributed by atoms with Crippen LogP contribution in [0.4, 0.5) is 4.79 Å². The van der Waals surface area contributed by atoms with Gasteiger partial charge in [-0.05, 0) is 30.5 Å². The summed E-state index contributed by atoms with van der Waals surface area (Å²) >= 11 is 0. The molecule has 0 aliphatic carbocycles. The molecule has 5 heteroatoms. The molecule has 5 nitrogen and oxygen atoms in total. The van der Waals surface area contributed by atoms with Gasteiger partial charge in [0.15, 0.2) is 0 Å². The molecule has 1 aliphatic heterocycles. The predicted molar refractivity (Wildman–Crippen MR) is 76.9 cm³/mol. The summed E-state index contributed by atoms with van der Waals surface area (Å²) < 4.78 is 1.85. The van der Waals surface area contributed by atoms with E-state index in [0.29, 0.717) is 6.54 Å². The second kappa shape index (κ2) is 5.77. The van der Waals surface area contributed by atoms with Crippen molar-refractivity contribution in [3.05, 3.63) is 48.3 Å². The molecule has 0 unspecified atom stereocenters. The maximum absolute atomic E-state index is 11.6. The first-order valence-corrected chi connectivity index (χ1v) is 6.95. The molecule has 1 aliphatic rings. The number of hydrogen-bond acceptors (Lipinski definition) is 2. The third kappa shape index (κ3) is 2.82. The van der Waals surface area contributed by atoms with Crippen molar-refractivity contribution in [1.82, 2.24) is 20.0 Å². The summed E-state index contributed by atoms with van der Waals surface area (Å²) in [5.41, 5.74) is 2.17. The van der Waals surface area contributed by atoms with Gasteiger partial charge >= 0.3 is 6.03 Å². The molecule has 0 saturated carbocycles. The molecule has 1 aromatic heterocycles. The monoisotopic (exact) mass is 270 g/mol. The van der Waals surface area contributed by atoms with Crippen molar-refractivity contribution < 1.29 is 4.79 Å². The highest BCUT2D eigenvalue weighted by Gasteiger charge is 2.19. The van der Waals surface area contributed by atoms with Crippen molar-refractivity contribution in [3.63, 3.8) is 0 Å². The van der Waals surface area contributed by atoms with Gasteiger partial charge in [-0.2, -0.15) is 5.10 Å². The smallest absolute Gasteiger partial charge is 0.317 e. The van der Waals surface area contributed by atoms with E-state index in [0.717, 1.165) is 37.2 Å². The number of amides is 2. The van der Waals surface area contributed by atoms with Gasteiger partial charge in [-0.25, -0.2) is 9.48 Å². The molecule has 1 N–H and O–H groups in total. The molecule has 1 fully saturated rings. The zero-order valence-electron chi connectivity index (χ0n) is 11.3. The van der Waals surface area contributed by atoms with Crippen LogP contribution in [0.5, 0.6) is 0 Å². The minimum atomic E-state index is 0.0479. The Labute approximate surface area is 118 Å². The maximum atomic E-state index is 11.6. The first-order chi connectivity index (χ1) is 9.83. The number of rotatable bonds is 4. The molecule has 0 bridgehead atoms. The summed E-state index contributed by atoms with van der Waals surface area (Å²) in [5.74, 6) is 0. The van der Waals surface area contributed by atoms with Crippen LogP contribution in [0.2, 0.25) is 0 Å². The van der Waals surface area contributed by atoms with E-state index in [9.17, 15) is 4.79 Å². The molecule has 2 amide bonds. The van der Waals surface area contributed by atoms with Crippen LogP contribution < -0.4 is 5.32 Å². The van der Waals surface area contributed by atoms with Crippen molar-refractivity contribution in [1.29, 1.82) is 0 Å². The Bertz CT molecular complexity index is 575. The quantitative estimate of drug-likeness (QED) is 0.921. The number of nitrogens with one attached hydrogen (secondary N) is 1. The summed E-state index contributed by atoms with van der Waals surface area (Å²) in [4.78, 5) is 13.5. The Hall–Kier alpha value is -2.30. The number of urea groups is 1. The molecule has 3 rings (SSSR count). The molecule has 2 heterocycles. The molecule has 0 atom stereocenters. The van der Waals surface area contributed by atoms with Gasteiger partial charge in [0.05, 0.1) is 11.9 Å². The average Bonchev–Trinajstić information content (AvgIpc) is 2.86. The van der Waals surface area contributed by atoms with Crippen LogP contribution in [-0.2, 0) is 6.42 Å². The first-order valence-electron chi connectivity index (χ1n) is 6.95. The number of carbonyl (C=O) groups is 1. The third-order valence-electron chi connectivity index (χ3n) is 3.49. The fourth-order valence-electron chi connectivity index (χ4n) is 2.16. The molecular formula is C15H18N4O. The fraction of sp³-hybridized carbons (Fsp3) is 0.333. The molecular weight excluding hydrogens is 252 g/mol. The van der Waals surface area contributed by atoms with Gasteiger partial charge < -0.3 is 10.2 Å². The van der Waals surface area contributed by atoms with Gasteiger partial charge in [-0.1, -0.05) is 18.2 Å². The maximum Gasteiger partial charge on any atom is 0.317 e. The van der Waals surface area contributed by atoms with Gasteiger partial charge in [0.2, 0.25) is 0 Å². The molecule has 2 aromatic rings. The van der Waals surface area contributed by atoms with Gasteiger partial charge in [0, 0.05) is 25.8 Å². The Morgan fingerprint density at radius 1 is 1.25 bits per heavy atom. The van der Waals surface area contributed by atoms with Crippen molar-refractivity contribution in [2.75, 3.05) is 19.6 Å². The number of aromatic nitrogens is 2. The van der Waals surface area contributed by atoms with Crippen LogP contribution in [0.1, 0.15) is 12.0 Å². The molecule has 104 valence electrons. The summed E-state index contributed by atoms with van der Waals surface area (Å²) in [5, 5.41) is 7.27. The van der Waals surface area contributed by atoms with Crippen LogP contribution in [0.15, 0.2) is 42.7 Å². The molecule has 1 aromatic carbocycles. The number of likely N-dealkylation sites (tertiary alicyclic amines) is 1. The lowest BCUT2D eigenvalue weighted by molar-refractivity contribution is 0.168. The summed E-state index contributed by atoms with van der Waals surface area (Å²) in [7, 11) is 0. The summed E-state index contributed by atoms with van der Waals surface area (Å²) in [6.45, 7) is 2.42. The third-order valence-corrected chi connectivity index (χ3v) is 3.49. The minimum absolute atomic E-state index is 0.0479. The predicted octanol–water partition coefficient (Wildman–Crippen LogP) is 1.83. The highest BCUT2D eigenvalue weighted by atomic mass is 16.2. The molecule has 20 heavy (non-hydrogen) atoms. The van der Waals surface area contributed by atoms with Crippen molar-refractivity contribution in [3.8, 4) is 5.69 Å². The number of carbonyl (C=O) groups excluding carboxylic acids is 1. The SMILES string of the molecule is O=C(NCCc1cnn(-c2ccccc2)c1)N1CCC1.